The van der Waals surface area contributed by atoms with E-state index in [1.54, 1.807) is 18.6 Å². The van der Waals surface area contributed by atoms with Gasteiger partial charge in [-0.1, -0.05) is 0 Å². The van der Waals surface area contributed by atoms with Crippen molar-refractivity contribution in [3.05, 3.63) is 39.1 Å². The fourth-order valence-corrected chi connectivity index (χ4v) is 2.16. The molecule has 17 heavy (non-hydrogen) atoms. The molecule has 1 saturated carbocycles. The van der Waals surface area contributed by atoms with Crippen LogP contribution in [0.1, 0.15) is 24.5 Å². The van der Waals surface area contributed by atoms with E-state index in [0.29, 0.717) is 21.9 Å². The van der Waals surface area contributed by atoms with E-state index in [1.165, 1.54) is 0 Å². The maximum absolute atomic E-state index is 11.8. The molecule has 0 aliphatic heterocycles. The summed E-state index contributed by atoms with van der Waals surface area (Å²) in [7, 11) is 0. The Labute approximate surface area is 105 Å². The van der Waals surface area contributed by atoms with E-state index in [0.717, 1.165) is 18.5 Å². The second kappa shape index (κ2) is 4.03. The fourth-order valence-electron chi connectivity index (χ4n) is 1.65. The van der Waals surface area contributed by atoms with Crippen molar-refractivity contribution in [1.82, 2.24) is 19.9 Å². The molecule has 0 bridgehead atoms. The average molecular weight is 293 g/mol. The summed E-state index contributed by atoms with van der Waals surface area (Å²) >= 11 is 3.29. The van der Waals surface area contributed by atoms with Gasteiger partial charge in [0.2, 0.25) is 0 Å². The first kappa shape index (κ1) is 10.6. The van der Waals surface area contributed by atoms with Crippen molar-refractivity contribution >= 4 is 15.9 Å². The summed E-state index contributed by atoms with van der Waals surface area (Å²) in [6, 6.07) is 0. The van der Waals surface area contributed by atoms with E-state index in [1.807, 2.05) is 0 Å². The Morgan fingerprint density at radius 3 is 2.82 bits per heavy atom. The maximum Gasteiger partial charge on any atom is 0.265 e. The first-order valence-corrected chi connectivity index (χ1v) is 6.11. The Balaban J connectivity index is 2.15. The third kappa shape index (κ3) is 2.00. The summed E-state index contributed by atoms with van der Waals surface area (Å²) in [4.78, 5) is 27.0. The van der Waals surface area contributed by atoms with Gasteiger partial charge < -0.3 is 4.98 Å². The van der Waals surface area contributed by atoms with Crippen LogP contribution in [-0.2, 0) is 0 Å². The number of aromatic nitrogens is 4. The van der Waals surface area contributed by atoms with Crippen molar-refractivity contribution < 1.29 is 0 Å². The fraction of sp³-hybridized carbons (Fsp3) is 0.273. The Kier molecular flexibility index (Phi) is 2.51. The predicted molar refractivity (Wildman–Crippen MR) is 65.6 cm³/mol. The molecule has 5 nitrogen and oxygen atoms in total. The number of hydrogen-bond donors (Lipinski definition) is 1. The molecule has 1 fully saturated rings. The third-order valence-electron chi connectivity index (χ3n) is 2.66. The number of hydrogen-bond acceptors (Lipinski definition) is 4. The summed E-state index contributed by atoms with van der Waals surface area (Å²) in [5.41, 5.74) is 1.25. The van der Waals surface area contributed by atoms with Crippen molar-refractivity contribution in [3.63, 3.8) is 0 Å². The minimum absolute atomic E-state index is 0.164. The van der Waals surface area contributed by atoms with Gasteiger partial charge in [-0.3, -0.25) is 9.78 Å². The number of H-pyrrole nitrogens is 1. The van der Waals surface area contributed by atoms with E-state index < -0.39 is 0 Å². The van der Waals surface area contributed by atoms with Gasteiger partial charge in [0.05, 0.1) is 11.9 Å². The van der Waals surface area contributed by atoms with Crippen LogP contribution in [0.15, 0.2) is 27.9 Å². The van der Waals surface area contributed by atoms with Gasteiger partial charge in [0.1, 0.15) is 10.2 Å². The van der Waals surface area contributed by atoms with Crippen LogP contribution < -0.4 is 5.56 Å². The number of halogens is 1. The van der Waals surface area contributed by atoms with Crippen LogP contribution >= 0.6 is 15.9 Å². The lowest BCUT2D eigenvalue weighted by atomic mass is 10.2. The lowest BCUT2D eigenvalue weighted by Gasteiger charge is -2.04. The second-order valence-electron chi connectivity index (χ2n) is 3.98. The van der Waals surface area contributed by atoms with Gasteiger partial charge in [0.25, 0.3) is 5.56 Å². The monoisotopic (exact) mass is 292 g/mol. The highest BCUT2D eigenvalue weighted by Crippen LogP contribution is 2.41. The van der Waals surface area contributed by atoms with Crippen LogP contribution in [-0.4, -0.2) is 19.9 Å². The van der Waals surface area contributed by atoms with Crippen LogP contribution in [0, 0.1) is 0 Å². The lowest BCUT2D eigenvalue weighted by molar-refractivity contribution is 0.951. The Morgan fingerprint density at radius 2 is 2.18 bits per heavy atom. The van der Waals surface area contributed by atoms with Crippen LogP contribution in [0.3, 0.4) is 0 Å². The van der Waals surface area contributed by atoms with E-state index >= 15 is 0 Å². The van der Waals surface area contributed by atoms with E-state index in [-0.39, 0.29) is 5.56 Å². The molecule has 1 N–H and O–H groups in total. The molecule has 0 spiro atoms. The highest BCUT2D eigenvalue weighted by molar-refractivity contribution is 9.10. The Hall–Kier alpha value is -1.56. The molecule has 1 aliphatic rings. The number of aromatic amines is 1. The van der Waals surface area contributed by atoms with Crippen LogP contribution in [0.4, 0.5) is 0 Å². The topological polar surface area (TPSA) is 71.5 Å². The van der Waals surface area contributed by atoms with Gasteiger partial charge in [-0.15, -0.1) is 0 Å². The molecule has 0 unspecified atom stereocenters. The summed E-state index contributed by atoms with van der Waals surface area (Å²) in [6.07, 6.45) is 6.93. The molecule has 0 atom stereocenters. The minimum Gasteiger partial charge on any atom is -0.304 e. The zero-order valence-corrected chi connectivity index (χ0v) is 10.4. The first-order valence-electron chi connectivity index (χ1n) is 5.32. The Bertz CT molecular complexity index is 607. The highest BCUT2D eigenvalue weighted by Gasteiger charge is 2.29. The summed E-state index contributed by atoms with van der Waals surface area (Å²) in [5, 5.41) is 0. The molecule has 2 aromatic rings. The van der Waals surface area contributed by atoms with Crippen molar-refractivity contribution in [3.8, 4) is 11.5 Å². The van der Waals surface area contributed by atoms with Gasteiger partial charge in [-0.25, -0.2) is 9.97 Å². The third-order valence-corrected chi connectivity index (χ3v) is 3.42. The quantitative estimate of drug-likeness (QED) is 0.917. The van der Waals surface area contributed by atoms with Gasteiger partial charge in [0, 0.05) is 18.3 Å². The lowest BCUT2D eigenvalue weighted by Crippen LogP contribution is -2.13. The van der Waals surface area contributed by atoms with Gasteiger partial charge in [0.15, 0.2) is 5.82 Å². The standard InChI is InChI=1S/C11H9BrN4O/c12-8-9(6-1-2-6)15-10(16-11(8)17)7-5-13-3-4-14-7/h3-6H,1-2H2,(H,15,16,17). The minimum atomic E-state index is -0.164. The molecular formula is C11H9BrN4O. The predicted octanol–water partition coefficient (Wildman–Crippen LogP) is 1.87. The normalized spacial score (nSPS) is 14.9. The van der Waals surface area contributed by atoms with Crippen molar-refractivity contribution in [2.24, 2.45) is 0 Å². The van der Waals surface area contributed by atoms with Gasteiger partial charge >= 0.3 is 0 Å². The molecule has 0 saturated heterocycles. The van der Waals surface area contributed by atoms with Crippen molar-refractivity contribution in [2.75, 3.05) is 0 Å². The molecular weight excluding hydrogens is 284 g/mol. The van der Waals surface area contributed by atoms with Crippen LogP contribution in [0.2, 0.25) is 0 Å². The molecule has 6 heteroatoms. The van der Waals surface area contributed by atoms with E-state index in [4.69, 9.17) is 0 Å². The number of nitrogens with one attached hydrogen (secondary N) is 1. The average Bonchev–Trinajstić information content (AvgIpc) is 3.18. The van der Waals surface area contributed by atoms with Crippen LogP contribution in [0.25, 0.3) is 11.5 Å². The molecule has 86 valence electrons. The highest BCUT2D eigenvalue weighted by atomic mass is 79.9. The van der Waals surface area contributed by atoms with Crippen LogP contribution in [0.5, 0.6) is 0 Å². The largest absolute Gasteiger partial charge is 0.304 e. The molecule has 2 heterocycles. The second-order valence-corrected chi connectivity index (χ2v) is 4.77. The zero-order chi connectivity index (χ0) is 11.8. The molecule has 0 radical (unpaired) electrons. The maximum atomic E-state index is 11.8. The summed E-state index contributed by atoms with van der Waals surface area (Å²) < 4.78 is 0.535. The van der Waals surface area contributed by atoms with Gasteiger partial charge in [-0.2, -0.15) is 0 Å². The Morgan fingerprint density at radius 1 is 1.35 bits per heavy atom. The first-order chi connectivity index (χ1) is 8.25. The van der Waals surface area contributed by atoms with E-state index in [2.05, 4.69) is 35.9 Å². The van der Waals surface area contributed by atoms with Gasteiger partial charge in [-0.05, 0) is 28.8 Å². The molecule has 0 aromatic carbocycles. The molecule has 2 aromatic heterocycles. The SMILES string of the molecule is O=c1[nH]c(-c2cnccn2)nc(C2CC2)c1Br. The number of nitrogens with zero attached hydrogens (tertiary/aromatic N) is 3. The summed E-state index contributed by atoms with van der Waals surface area (Å²) in [5.74, 6) is 0.885. The number of rotatable bonds is 2. The van der Waals surface area contributed by atoms with Crippen molar-refractivity contribution in [2.45, 2.75) is 18.8 Å². The zero-order valence-electron chi connectivity index (χ0n) is 8.85. The van der Waals surface area contributed by atoms with Crippen molar-refractivity contribution in [1.29, 1.82) is 0 Å². The molecule has 1 aliphatic carbocycles. The van der Waals surface area contributed by atoms with E-state index in [9.17, 15) is 4.79 Å². The molecule has 0 amide bonds. The molecule has 3 rings (SSSR count). The summed E-state index contributed by atoms with van der Waals surface area (Å²) in [6.45, 7) is 0. The smallest absolute Gasteiger partial charge is 0.265 e.